The number of hydrogen-bond acceptors (Lipinski definition) is 7. The Balaban J connectivity index is 2.34. The van der Waals surface area contributed by atoms with Crippen LogP contribution in [0.5, 0.6) is 0 Å². The molecule has 13 heteroatoms. The number of azo groups is 1. The number of hydrogen-bond donors (Lipinski definition) is 3. The molecule has 0 heterocycles. The molecule has 2 rings (SSSR count). The molecule has 0 radical (unpaired) electrons. The Morgan fingerprint density at radius 2 is 1.48 bits per heavy atom. The van der Waals surface area contributed by atoms with Crippen molar-refractivity contribution in [2.45, 2.75) is 9.79 Å². The third-order valence-corrected chi connectivity index (χ3v) is 5.06. The first kappa shape index (κ1) is 20.9. The minimum atomic E-state index is -4.67. The highest BCUT2D eigenvalue weighted by Crippen LogP contribution is 2.28. The Bertz CT molecular complexity index is 1100. The van der Waals surface area contributed by atoms with Crippen LogP contribution in [0.3, 0.4) is 0 Å². The quantitative estimate of drug-likeness (QED) is 0.358. The summed E-state index contributed by atoms with van der Waals surface area (Å²) in [4.78, 5) is 10.4. The van der Waals surface area contributed by atoms with Crippen molar-refractivity contribution in [3.63, 3.8) is 0 Å². The first-order valence-corrected chi connectivity index (χ1v) is 10.4. The lowest BCUT2D eigenvalue weighted by atomic mass is 10.3. The van der Waals surface area contributed by atoms with Crippen LogP contribution in [0.25, 0.3) is 0 Å². The van der Waals surface area contributed by atoms with Gasteiger partial charge in [-0.15, -0.1) is 11.6 Å². The zero-order chi connectivity index (χ0) is 20.2. The molecule has 0 aliphatic carbocycles. The van der Waals surface area contributed by atoms with E-state index < -0.39 is 36.9 Å². The average Bonchev–Trinajstić information content (AvgIpc) is 2.59. The van der Waals surface area contributed by atoms with Crippen molar-refractivity contribution in [1.82, 2.24) is 0 Å². The summed E-state index contributed by atoms with van der Waals surface area (Å²) in [7, 11) is -9.01. The number of rotatable bonds is 6. The predicted molar refractivity (Wildman–Crippen MR) is 96.0 cm³/mol. The number of halogens is 1. The Morgan fingerprint density at radius 3 is 2.00 bits per heavy atom. The topological polar surface area (TPSA) is 163 Å². The highest BCUT2D eigenvalue weighted by Gasteiger charge is 2.18. The number of nitrogens with one attached hydrogen (secondary N) is 1. The van der Waals surface area contributed by atoms with E-state index in [4.69, 9.17) is 16.2 Å². The van der Waals surface area contributed by atoms with Crippen molar-refractivity contribution in [3.05, 3.63) is 42.5 Å². The monoisotopic (exact) mass is 433 g/mol. The van der Waals surface area contributed by atoms with Crippen molar-refractivity contribution >= 4 is 54.8 Å². The minimum absolute atomic E-state index is 0.0327. The van der Waals surface area contributed by atoms with Gasteiger partial charge in [-0.1, -0.05) is 0 Å². The van der Waals surface area contributed by atoms with Gasteiger partial charge in [0, 0.05) is 0 Å². The summed E-state index contributed by atoms with van der Waals surface area (Å²) >= 11 is 5.35. The van der Waals surface area contributed by atoms with E-state index >= 15 is 0 Å². The number of anilines is 1. The van der Waals surface area contributed by atoms with Crippen LogP contribution in [0.1, 0.15) is 0 Å². The molecule has 1 amide bonds. The molecule has 0 saturated carbocycles. The summed E-state index contributed by atoms with van der Waals surface area (Å²) in [6, 6.07) is 8.26. The van der Waals surface area contributed by atoms with Gasteiger partial charge in [-0.2, -0.15) is 27.1 Å². The maximum atomic E-state index is 11.5. The molecule has 2 aromatic rings. The van der Waals surface area contributed by atoms with E-state index in [1.807, 2.05) is 0 Å². The lowest BCUT2D eigenvalue weighted by Gasteiger charge is -2.08. The molecule has 0 bridgehead atoms. The molecule has 10 nitrogen and oxygen atoms in total. The third kappa shape index (κ3) is 5.80. The van der Waals surface area contributed by atoms with Crippen LogP contribution < -0.4 is 5.32 Å². The minimum Gasteiger partial charge on any atom is -0.324 e. The summed E-state index contributed by atoms with van der Waals surface area (Å²) in [5.41, 5.74) is 0.0697. The Labute approximate surface area is 159 Å². The molecule has 0 aliphatic rings. The molecule has 0 aliphatic heterocycles. The van der Waals surface area contributed by atoms with E-state index in [1.165, 1.54) is 24.3 Å². The van der Waals surface area contributed by atoms with Crippen molar-refractivity contribution in [2.24, 2.45) is 10.2 Å². The molecule has 27 heavy (non-hydrogen) atoms. The fourth-order valence-corrected chi connectivity index (χ4v) is 3.09. The van der Waals surface area contributed by atoms with Crippen molar-refractivity contribution in [3.8, 4) is 0 Å². The van der Waals surface area contributed by atoms with Crippen molar-refractivity contribution < 1.29 is 30.7 Å². The first-order valence-electron chi connectivity index (χ1n) is 6.97. The van der Waals surface area contributed by atoms with E-state index in [2.05, 4.69) is 15.5 Å². The molecule has 3 N–H and O–H groups in total. The SMILES string of the molecule is O=C(CCl)Nc1ccc(N=Nc2ccc(S(=O)(=O)O)cc2)cc1S(=O)(=O)O. The number of alkyl halides is 1. The molecule has 0 spiro atoms. The third-order valence-electron chi connectivity index (χ3n) is 3.05. The molecule has 0 atom stereocenters. The largest absolute Gasteiger partial charge is 0.324 e. The second kappa shape index (κ2) is 8.10. The van der Waals surface area contributed by atoms with Gasteiger partial charge >= 0.3 is 0 Å². The molecule has 0 unspecified atom stereocenters. The number of nitrogens with zero attached hydrogens (tertiary/aromatic N) is 2. The van der Waals surface area contributed by atoms with Gasteiger partial charge in [-0.25, -0.2) is 0 Å². The standard InChI is InChI=1S/C14H12ClN3O7S2/c15-8-14(19)16-12-6-3-10(7-13(12)27(23,24)25)18-17-9-1-4-11(5-2-9)26(20,21)22/h1-7H,8H2,(H,16,19)(H,20,21,22)(H,23,24,25). The van der Waals surface area contributed by atoms with Crippen LogP contribution in [0.2, 0.25) is 0 Å². The number of carbonyl (C=O) groups excluding carboxylic acids is 1. The summed E-state index contributed by atoms with van der Waals surface area (Å²) in [5.74, 6) is -1.08. The smallest absolute Gasteiger partial charge is 0.296 e. The van der Waals surface area contributed by atoms with Gasteiger partial charge in [0.05, 0.1) is 22.0 Å². The van der Waals surface area contributed by atoms with Gasteiger partial charge in [0.2, 0.25) is 5.91 Å². The Morgan fingerprint density at radius 1 is 0.926 bits per heavy atom. The van der Waals surface area contributed by atoms with Gasteiger partial charge < -0.3 is 5.32 Å². The van der Waals surface area contributed by atoms with E-state index in [-0.39, 0.29) is 22.0 Å². The summed E-state index contributed by atoms with van der Waals surface area (Å²) in [6.07, 6.45) is 0. The fraction of sp³-hybridized carbons (Fsp3) is 0.0714. The van der Waals surface area contributed by atoms with Gasteiger partial charge in [-0.05, 0) is 42.5 Å². The van der Waals surface area contributed by atoms with Crippen LogP contribution in [0.4, 0.5) is 17.1 Å². The van der Waals surface area contributed by atoms with Gasteiger partial charge in [0.15, 0.2) is 0 Å². The average molecular weight is 434 g/mol. The van der Waals surface area contributed by atoms with Crippen LogP contribution in [0.15, 0.2) is 62.5 Å². The van der Waals surface area contributed by atoms with Gasteiger partial charge in [0.1, 0.15) is 10.8 Å². The lowest BCUT2D eigenvalue weighted by molar-refractivity contribution is -0.113. The molecule has 0 aromatic heterocycles. The first-order chi connectivity index (χ1) is 12.5. The molecular weight excluding hydrogens is 422 g/mol. The van der Waals surface area contributed by atoms with Gasteiger partial charge in [0.25, 0.3) is 20.2 Å². The van der Waals surface area contributed by atoms with Crippen LogP contribution in [-0.2, 0) is 25.0 Å². The lowest BCUT2D eigenvalue weighted by Crippen LogP contribution is -2.15. The van der Waals surface area contributed by atoms with Crippen LogP contribution in [0, 0.1) is 0 Å². The number of benzene rings is 2. The van der Waals surface area contributed by atoms with Crippen molar-refractivity contribution in [2.75, 3.05) is 11.2 Å². The van der Waals surface area contributed by atoms with E-state index in [0.29, 0.717) is 0 Å². The molecule has 0 fully saturated rings. The van der Waals surface area contributed by atoms with Crippen molar-refractivity contribution in [1.29, 1.82) is 0 Å². The number of amides is 1. The maximum Gasteiger partial charge on any atom is 0.296 e. The van der Waals surface area contributed by atoms with Gasteiger partial charge in [-0.3, -0.25) is 13.9 Å². The zero-order valence-electron chi connectivity index (χ0n) is 13.3. The fourth-order valence-electron chi connectivity index (χ4n) is 1.87. The van der Waals surface area contributed by atoms with Crippen LogP contribution in [-0.4, -0.2) is 37.7 Å². The Hall–Kier alpha value is -2.38. The number of carbonyl (C=O) groups is 1. The van der Waals surface area contributed by atoms with E-state index in [1.54, 1.807) is 0 Å². The highest BCUT2D eigenvalue weighted by atomic mass is 35.5. The summed E-state index contributed by atoms with van der Waals surface area (Å²) in [6.45, 7) is 0. The van der Waals surface area contributed by atoms with E-state index in [0.717, 1.165) is 18.2 Å². The Kier molecular flexibility index (Phi) is 6.28. The molecule has 144 valence electrons. The molecule has 0 saturated heterocycles. The molecular formula is C14H12ClN3O7S2. The highest BCUT2D eigenvalue weighted by molar-refractivity contribution is 7.86. The predicted octanol–water partition coefficient (Wildman–Crippen LogP) is 2.77. The zero-order valence-corrected chi connectivity index (χ0v) is 15.7. The second-order valence-corrected chi connectivity index (χ2v) is 8.09. The second-order valence-electron chi connectivity index (χ2n) is 5.01. The summed E-state index contributed by atoms with van der Waals surface area (Å²) in [5, 5.41) is 9.80. The van der Waals surface area contributed by atoms with E-state index in [9.17, 15) is 26.2 Å². The molecule has 2 aromatic carbocycles. The van der Waals surface area contributed by atoms with Crippen LogP contribution >= 0.6 is 11.6 Å². The normalized spacial score (nSPS) is 12.3. The summed E-state index contributed by atoms with van der Waals surface area (Å²) < 4.78 is 63.1. The maximum absolute atomic E-state index is 11.5.